The van der Waals surface area contributed by atoms with Crippen LogP contribution in [0.1, 0.15) is 46.3 Å². The third-order valence-corrected chi connectivity index (χ3v) is 8.58. The van der Waals surface area contributed by atoms with Crippen LogP contribution in [0.4, 0.5) is 0 Å². The van der Waals surface area contributed by atoms with E-state index in [-0.39, 0.29) is 34.6 Å². The van der Waals surface area contributed by atoms with E-state index in [9.17, 15) is 26.4 Å². The van der Waals surface area contributed by atoms with Crippen molar-refractivity contribution < 1.29 is 26.4 Å². The molecule has 0 aliphatic carbocycles. The van der Waals surface area contributed by atoms with E-state index in [0.717, 1.165) is 6.26 Å². The average Bonchev–Trinajstić information content (AvgIpc) is 2.82. The van der Waals surface area contributed by atoms with E-state index in [4.69, 9.17) is 0 Å². The van der Waals surface area contributed by atoms with Gasteiger partial charge in [0.25, 0.3) is 11.8 Å². The number of carbonyl (C=O) groups excluding carboxylic acids is 2. The predicted molar refractivity (Wildman–Crippen MR) is 126 cm³/mol. The molecule has 184 valence electrons. The number of sulfonamides is 1. The molecule has 2 aromatic rings. The lowest BCUT2D eigenvalue weighted by Crippen LogP contribution is -2.47. The monoisotopic (exact) mass is 508 g/mol. The summed E-state index contributed by atoms with van der Waals surface area (Å²) < 4.78 is 48.5. The minimum absolute atomic E-state index is 0.0504. The molecule has 1 aromatic carbocycles. The van der Waals surface area contributed by atoms with Crippen molar-refractivity contribution in [3.05, 3.63) is 59.4 Å². The Bertz CT molecular complexity index is 1250. The van der Waals surface area contributed by atoms with Crippen LogP contribution in [0, 0.1) is 0 Å². The van der Waals surface area contributed by atoms with Gasteiger partial charge in [-0.1, -0.05) is 18.2 Å². The number of rotatable bonds is 8. The Hall–Kier alpha value is -2.83. The maximum atomic E-state index is 12.6. The van der Waals surface area contributed by atoms with Crippen molar-refractivity contribution in [3.63, 3.8) is 0 Å². The largest absolute Gasteiger partial charge is 0.348 e. The van der Waals surface area contributed by atoms with Gasteiger partial charge in [0.05, 0.1) is 10.6 Å². The molecule has 0 bridgehead atoms. The third-order valence-electron chi connectivity index (χ3n) is 5.57. The smallest absolute Gasteiger partial charge is 0.270 e. The predicted octanol–water partition coefficient (Wildman–Crippen LogP) is 0.959. The lowest BCUT2D eigenvalue weighted by atomic mass is 10.1. The van der Waals surface area contributed by atoms with Crippen molar-refractivity contribution in [2.45, 2.75) is 37.2 Å². The van der Waals surface area contributed by atoms with Crippen molar-refractivity contribution in [3.8, 4) is 0 Å². The first-order valence-electron chi connectivity index (χ1n) is 10.8. The molecular formula is C22H28N4O6S2. The summed E-state index contributed by atoms with van der Waals surface area (Å²) in [4.78, 5) is 29.5. The summed E-state index contributed by atoms with van der Waals surface area (Å²) in [6, 6.07) is 10.6. The Kier molecular flexibility index (Phi) is 8.05. The molecule has 3 rings (SSSR count). The van der Waals surface area contributed by atoms with E-state index in [2.05, 4.69) is 15.6 Å². The normalized spacial score (nSPS) is 15.6. The van der Waals surface area contributed by atoms with E-state index in [0.29, 0.717) is 31.5 Å². The number of hydrogen-bond donors (Lipinski definition) is 2. The molecule has 1 aliphatic heterocycles. The number of piperidine rings is 1. The van der Waals surface area contributed by atoms with Crippen LogP contribution in [0.15, 0.2) is 47.4 Å². The fourth-order valence-corrected chi connectivity index (χ4v) is 5.30. The zero-order valence-corrected chi connectivity index (χ0v) is 20.7. The van der Waals surface area contributed by atoms with E-state index in [1.165, 1.54) is 28.6 Å². The summed E-state index contributed by atoms with van der Waals surface area (Å²) in [5, 5.41) is 5.56. The highest BCUT2D eigenvalue weighted by atomic mass is 32.2. The zero-order chi connectivity index (χ0) is 24.9. The molecule has 0 atom stereocenters. The number of aromatic nitrogens is 1. The van der Waals surface area contributed by atoms with Gasteiger partial charge in [0.2, 0.25) is 10.0 Å². The Morgan fingerprint density at radius 1 is 0.971 bits per heavy atom. The van der Waals surface area contributed by atoms with Gasteiger partial charge in [-0.25, -0.2) is 26.1 Å². The Morgan fingerprint density at radius 2 is 1.56 bits per heavy atom. The fourth-order valence-electron chi connectivity index (χ4n) is 3.54. The van der Waals surface area contributed by atoms with Gasteiger partial charge in [-0.3, -0.25) is 9.59 Å². The lowest BCUT2D eigenvalue weighted by molar-refractivity contribution is 0.0918. The zero-order valence-electron chi connectivity index (χ0n) is 19.0. The molecule has 1 aliphatic rings. The van der Waals surface area contributed by atoms with Gasteiger partial charge in [-0.05, 0) is 49.6 Å². The first-order chi connectivity index (χ1) is 16.0. The molecule has 0 spiro atoms. The fraction of sp³-hybridized carbons (Fsp3) is 0.409. The molecule has 1 saturated heterocycles. The van der Waals surface area contributed by atoms with Crippen LogP contribution < -0.4 is 10.6 Å². The molecule has 34 heavy (non-hydrogen) atoms. The van der Waals surface area contributed by atoms with E-state index < -0.39 is 31.7 Å². The van der Waals surface area contributed by atoms with Gasteiger partial charge in [-0.15, -0.1) is 0 Å². The highest BCUT2D eigenvalue weighted by Gasteiger charge is 2.27. The van der Waals surface area contributed by atoms with Crippen LogP contribution in [0.3, 0.4) is 0 Å². The van der Waals surface area contributed by atoms with E-state index in [1.54, 1.807) is 25.1 Å². The Labute approximate surface area is 199 Å². The quantitative estimate of drug-likeness (QED) is 0.541. The standard InChI is InChI=1S/C22H28N4O6S2/c1-3-34(31,32)26-13-11-17(12-14-26)24-22(28)20-6-4-5-19(25-20)21(27)23-15-16-7-9-18(10-8-16)33(2,29)30/h4-10,17H,3,11-15H2,1-2H3,(H,23,27)(H,24,28). The van der Waals surface area contributed by atoms with Crippen molar-refractivity contribution >= 4 is 31.7 Å². The number of carbonyl (C=O) groups is 2. The molecular weight excluding hydrogens is 480 g/mol. The van der Waals surface area contributed by atoms with Crippen molar-refractivity contribution in [2.24, 2.45) is 0 Å². The summed E-state index contributed by atoms with van der Waals surface area (Å²) in [5.74, 6) is -0.850. The van der Waals surface area contributed by atoms with Crippen LogP contribution in [0.25, 0.3) is 0 Å². The summed E-state index contributed by atoms with van der Waals surface area (Å²) >= 11 is 0. The highest BCUT2D eigenvalue weighted by Crippen LogP contribution is 2.15. The molecule has 0 saturated carbocycles. The SMILES string of the molecule is CCS(=O)(=O)N1CCC(NC(=O)c2cccc(C(=O)NCc3ccc(S(C)(=O)=O)cc3)n2)CC1. The molecule has 0 unspecified atom stereocenters. The summed E-state index contributed by atoms with van der Waals surface area (Å²) in [7, 11) is -6.53. The summed E-state index contributed by atoms with van der Waals surface area (Å²) in [6.07, 6.45) is 2.13. The Morgan fingerprint density at radius 3 is 2.12 bits per heavy atom. The number of sulfone groups is 1. The molecule has 0 radical (unpaired) electrons. The van der Waals surface area contributed by atoms with Crippen LogP contribution in [-0.4, -0.2) is 69.1 Å². The molecule has 12 heteroatoms. The van der Waals surface area contributed by atoms with Gasteiger partial charge in [0, 0.05) is 31.9 Å². The minimum Gasteiger partial charge on any atom is -0.348 e. The maximum Gasteiger partial charge on any atom is 0.270 e. The Balaban J connectivity index is 1.55. The van der Waals surface area contributed by atoms with Crippen LogP contribution in [0.5, 0.6) is 0 Å². The minimum atomic E-state index is -3.29. The number of hydrogen-bond acceptors (Lipinski definition) is 7. The van der Waals surface area contributed by atoms with Crippen LogP contribution >= 0.6 is 0 Å². The van der Waals surface area contributed by atoms with Crippen molar-refractivity contribution in [2.75, 3.05) is 25.1 Å². The van der Waals surface area contributed by atoms with Crippen molar-refractivity contribution in [1.82, 2.24) is 19.9 Å². The van der Waals surface area contributed by atoms with Gasteiger partial charge >= 0.3 is 0 Å². The summed E-state index contributed by atoms with van der Waals surface area (Å²) in [5.41, 5.74) is 0.879. The second-order valence-corrected chi connectivity index (χ2v) is 12.3. The second-order valence-electron chi connectivity index (χ2n) is 8.05. The van der Waals surface area contributed by atoms with Crippen molar-refractivity contribution in [1.29, 1.82) is 0 Å². The maximum absolute atomic E-state index is 12.6. The lowest BCUT2D eigenvalue weighted by Gasteiger charge is -2.31. The average molecular weight is 509 g/mol. The number of benzene rings is 1. The highest BCUT2D eigenvalue weighted by molar-refractivity contribution is 7.90. The number of nitrogens with zero attached hydrogens (tertiary/aromatic N) is 2. The summed E-state index contributed by atoms with van der Waals surface area (Å²) in [6.45, 7) is 2.47. The molecule has 2 N–H and O–H groups in total. The van der Waals surface area contributed by atoms with Gasteiger partial charge < -0.3 is 10.6 Å². The number of pyridine rings is 1. The molecule has 10 nitrogen and oxygen atoms in total. The first-order valence-corrected chi connectivity index (χ1v) is 14.3. The van der Waals surface area contributed by atoms with E-state index in [1.807, 2.05) is 0 Å². The van der Waals surface area contributed by atoms with Gasteiger partial charge in [-0.2, -0.15) is 0 Å². The molecule has 1 aromatic heterocycles. The van der Waals surface area contributed by atoms with Gasteiger partial charge in [0.15, 0.2) is 9.84 Å². The first kappa shape index (κ1) is 25.8. The third kappa shape index (κ3) is 6.61. The van der Waals surface area contributed by atoms with Crippen LogP contribution in [-0.2, 0) is 26.4 Å². The molecule has 2 amide bonds. The number of amides is 2. The topological polar surface area (TPSA) is 143 Å². The molecule has 1 fully saturated rings. The second kappa shape index (κ2) is 10.6. The molecule has 2 heterocycles. The number of nitrogens with one attached hydrogen (secondary N) is 2. The van der Waals surface area contributed by atoms with Crippen LogP contribution in [0.2, 0.25) is 0 Å². The van der Waals surface area contributed by atoms with Gasteiger partial charge in [0.1, 0.15) is 11.4 Å². The van der Waals surface area contributed by atoms with E-state index >= 15 is 0 Å².